The molecule has 2 heterocycles. The number of halogens is 1. The fourth-order valence-corrected chi connectivity index (χ4v) is 5.07. The fraction of sp³-hybridized carbons (Fsp3) is 0.185. The fourth-order valence-electron chi connectivity index (χ4n) is 4.95. The molecule has 0 bridgehead atoms. The lowest BCUT2D eigenvalue weighted by Gasteiger charge is -2.18. The van der Waals surface area contributed by atoms with Crippen molar-refractivity contribution in [2.24, 2.45) is 0 Å². The molecule has 6 nitrogen and oxygen atoms in total. The summed E-state index contributed by atoms with van der Waals surface area (Å²) < 4.78 is 3.36. The molecule has 0 spiro atoms. The molecule has 0 aliphatic rings. The van der Waals surface area contributed by atoms with Crippen LogP contribution in [-0.4, -0.2) is 25.2 Å². The highest BCUT2D eigenvalue weighted by molar-refractivity contribution is 6.30. The van der Waals surface area contributed by atoms with E-state index in [9.17, 15) is 14.7 Å². The maximum absolute atomic E-state index is 14.0. The Morgan fingerprint density at radius 1 is 1.00 bits per heavy atom. The van der Waals surface area contributed by atoms with Gasteiger partial charge in [0.15, 0.2) is 0 Å². The monoisotopic (exact) mass is 473 g/mol. The number of para-hydroxylation sites is 2. The van der Waals surface area contributed by atoms with Crippen molar-refractivity contribution in [1.29, 1.82) is 0 Å². The third-order valence-electron chi connectivity index (χ3n) is 6.53. The van der Waals surface area contributed by atoms with Gasteiger partial charge in [-0.15, -0.1) is 0 Å². The molecule has 7 heteroatoms. The summed E-state index contributed by atoms with van der Waals surface area (Å²) in [6.07, 6.45) is 1.73. The summed E-state index contributed by atoms with van der Waals surface area (Å²) in [5, 5.41) is 11.3. The van der Waals surface area contributed by atoms with Gasteiger partial charge in [-0.1, -0.05) is 48.0 Å². The third kappa shape index (κ3) is 3.60. The van der Waals surface area contributed by atoms with E-state index in [2.05, 4.69) is 18.0 Å². The lowest BCUT2D eigenvalue weighted by atomic mass is 10.0. The quantitative estimate of drug-likeness (QED) is 0.321. The van der Waals surface area contributed by atoms with Crippen LogP contribution in [0.15, 0.2) is 77.7 Å². The highest BCUT2D eigenvalue weighted by Crippen LogP contribution is 2.32. The number of nitrogens with zero attached hydrogens (tertiary/aromatic N) is 2. The molecule has 0 saturated heterocycles. The standard InChI is InChI=1S/C27H24ClN3O3/c1-16-6-5-7-21-26(16)20(15-29-21)17(2)30-22-8-3-4-9-23(22)31(27(30)34)24(14-25(32)33)18-10-12-19(28)13-11-18/h3-13,15,17,24,29H,14H2,1-2H3,(H,32,33)/t17?,24-/m1/s1. The number of H-pyrrole nitrogens is 1. The predicted molar refractivity (Wildman–Crippen MR) is 135 cm³/mol. The van der Waals surface area contributed by atoms with Gasteiger partial charge in [-0.3, -0.25) is 13.9 Å². The number of nitrogens with one attached hydrogen (secondary N) is 1. The number of benzene rings is 3. The minimum Gasteiger partial charge on any atom is -0.481 e. The van der Waals surface area contributed by atoms with Crippen molar-refractivity contribution in [2.75, 3.05) is 0 Å². The molecule has 0 aliphatic heterocycles. The molecule has 2 N–H and O–H groups in total. The number of hydrogen-bond acceptors (Lipinski definition) is 2. The Labute approximate surface area is 201 Å². The molecule has 2 atom stereocenters. The molecule has 5 aromatic rings. The van der Waals surface area contributed by atoms with Crippen LogP contribution in [0.4, 0.5) is 0 Å². The number of aryl methyl sites for hydroxylation is 1. The number of aromatic amines is 1. The maximum atomic E-state index is 14.0. The first kappa shape index (κ1) is 22.0. The number of carboxylic acid groups (broad SMARTS) is 1. The Hall–Kier alpha value is -3.77. The van der Waals surface area contributed by atoms with Crippen molar-refractivity contribution >= 4 is 39.5 Å². The van der Waals surface area contributed by atoms with Gasteiger partial charge < -0.3 is 10.1 Å². The van der Waals surface area contributed by atoms with Crippen molar-refractivity contribution in [2.45, 2.75) is 32.4 Å². The normalized spacial score (nSPS) is 13.4. The van der Waals surface area contributed by atoms with E-state index < -0.39 is 12.0 Å². The maximum Gasteiger partial charge on any atom is 0.330 e. The molecule has 0 amide bonds. The molecule has 172 valence electrons. The zero-order valence-electron chi connectivity index (χ0n) is 18.8. The van der Waals surface area contributed by atoms with E-state index in [1.807, 2.05) is 49.5 Å². The number of carboxylic acids is 1. The second kappa shape index (κ2) is 8.54. The van der Waals surface area contributed by atoms with E-state index in [-0.39, 0.29) is 18.2 Å². The smallest absolute Gasteiger partial charge is 0.330 e. The Balaban J connectivity index is 1.75. The summed E-state index contributed by atoms with van der Waals surface area (Å²) in [7, 11) is 0. The summed E-state index contributed by atoms with van der Waals surface area (Å²) in [6, 6.07) is 19.7. The Bertz CT molecular complexity index is 1580. The van der Waals surface area contributed by atoms with Crippen LogP contribution in [0, 0.1) is 6.92 Å². The van der Waals surface area contributed by atoms with Crippen LogP contribution in [-0.2, 0) is 4.79 Å². The van der Waals surface area contributed by atoms with Crippen LogP contribution in [0.5, 0.6) is 0 Å². The number of aliphatic carboxylic acids is 1. The second-order valence-electron chi connectivity index (χ2n) is 8.59. The van der Waals surface area contributed by atoms with E-state index in [1.165, 1.54) is 0 Å². The van der Waals surface area contributed by atoms with Crippen molar-refractivity contribution in [1.82, 2.24) is 14.1 Å². The second-order valence-corrected chi connectivity index (χ2v) is 9.03. The van der Waals surface area contributed by atoms with E-state index in [0.29, 0.717) is 16.1 Å². The SMILES string of the molecule is Cc1cccc2[nH]cc(C(C)n3c(=O)n([C@H](CC(=O)O)c4ccc(Cl)cc4)c4ccccc43)c12. The van der Waals surface area contributed by atoms with Crippen molar-refractivity contribution in [3.05, 3.63) is 105 Å². The highest BCUT2D eigenvalue weighted by Gasteiger charge is 2.27. The van der Waals surface area contributed by atoms with Gasteiger partial charge in [-0.2, -0.15) is 0 Å². The summed E-state index contributed by atoms with van der Waals surface area (Å²) in [4.78, 5) is 29.2. The molecule has 0 aliphatic carbocycles. The van der Waals surface area contributed by atoms with Gasteiger partial charge in [0, 0.05) is 27.7 Å². The minimum absolute atomic E-state index is 0.226. The highest BCUT2D eigenvalue weighted by atomic mass is 35.5. The summed E-state index contributed by atoms with van der Waals surface area (Å²) in [5.74, 6) is -0.982. The number of aromatic nitrogens is 3. The first-order valence-corrected chi connectivity index (χ1v) is 11.5. The van der Waals surface area contributed by atoms with Crippen molar-refractivity contribution in [3.8, 4) is 0 Å². The van der Waals surface area contributed by atoms with E-state index >= 15 is 0 Å². The van der Waals surface area contributed by atoms with Crippen LogP contribution in [0.3, 0.4) is 0 Å². The Morgan fingerprint density at radius 2 is 1.68 bits per heavy atom. The molecule has 0 radical (unpaired) electrons. The number of carbonyl (C=O) groups is 1. The minimum atomic E-state index is -0.982. The molecule has 3 aromatic carbocycles. The number of imidazole rings is 1. The third-order valence-corrected chi connectivity index (χ3v) is 6.78. The molecule has 2 aromatic heterocycles. The predicted octanol–water partition coefficient (Wildman–Crippen LogP) is 5.92. The zero-order chi connectivity index (χ0) is 24.0. The largest absolute Gasteiger partial charge is 0.481 e. The van der Waals surface area contributed by atoms with E-state index in [0.717, 1.165) is 27.5 Å². The van der Waals surface area contributed by atoms with Crippen LogP contribution in [0.25, 0.3) is 21.9 Å². The van der Waals surface area contributed by atoms with Gasteiger partial charge in [0.05, 0.1) is 29.5 Å². The van der Waals surface area contributed by atoms with Gasteiger partial charge in [-0.25, -0.2) is 4.79 Å². The molecule has 0 fully saturated rings. The molecular formula is C27H24ClN3O3. The lowest BCUT2D eigenvalue weighted by molar-refractivity contribution is -0.137. The Morgan fingerprint density at radius 3 is 2.35 bits per heavy atom. The van der Waals surface area contributed by atoms with Gasteiger partial charge in [0.1, 0.15) is 0 Å². The molecule has 1 unspecified atom stereocenters. The molecule has 5 rings (SSSR count). The summed E-state index contributed by atoms with van der Waals surface area (Å²) >= 11 is 6.07. The average molecular weight is 474 g/mol. The number of hydrogen-bond donors (Lipinski definition) is 2. The average Bonchev–Trinajstić information content (AvgIpc) is 3.37. The topological polar surface area (TPSA) is 80.0 Å². The zero-order valence-corrected chi connectivity index (χ0v) is 19.6. The summed E-state index contributed by atoms with van der Waals surface area (Å²) in [6.45, 7) is 4.06. The van der Waals surface area contributed by atoms with Crippen LogP contribution in [0.1, 0.15) is 42.1 Å². The summed E-state index contributed by atoms with van der Waals surface area (Å²) in [5.41, 5.74) is 5.07. The van der Waals surface area contributed by atoms with Gasteiger partial charge in [-0.05, 0) is 55.3 Å². The van der Waals surface area contributed by atoms with Gasteiger partial charge in [0.25, 0.3) is 0 Å². The molecule has 34 heavy (non-hydrogen) atoms. The first-order chi connectivity index (χ1) is 16.4. The lowest BCUT2D eigenvalue weighted by Crippen LogP contribution is -2.31. The molecule has 0 saturated carbocycles. The van der Waals surface area contributed by atoms with Crippen molar-refractivity contribution < 1.29 is 9.90 Å². The molecular weight excluding hydrogens is 450 g/mol. The van der Waals surface area contributed by atoms with Gasteiger partial charge >= 0.3 is 11.7 Å². The van der Waals surface area contributed by atoms with Crippen LogP contribution in [0.2, 0.25) is 5.02 Å². The van der Waals surface area contributed by atoms with E-state index in [4.69, 9.17) is 11.6 Å². The van der Waals surface area contributed by atoms with Crippen LogP contribution < -0.4 is 5.69 Å². The Kier molecular flexibility index (Phi) is 5.54. The van der Waals surface area contributed by atoms with Crippen molar-refractivity contribution in [3.63, 3.8) is 0 Å². The van der Waals surface area contributed by atoms with E-state index in [1.54, 1.807) is 33.4 Å². The van der Waals surface area contributed by atoms with Gasteiger partial charge in [0.2, 0.25) is 0 Å². The van der Waals surface area contributed by atoms with Crippen LogP contribution >= 0.6 is 11.6 Å². The number of rotatable bonds is 6. The first-order valence-electron chi connectivity index (χ1n) is 11.1. The number of fused-ring (bicyclic) bond motifs is 2.